The normalized spacial score (nSPS) is 29.8. The first kappa shape index (κ1) is 12.7. The zero-order valence-corrected chi connectivity index (χ0v) is 11.5. The summed E-state index contributed by atoms with van der Waals surface area (Å²) >= 11 is 0. The van der Waals surface area contributed by atoms with Crippen molar-refractivity contribution in [2.24, 2.45) is 5.92 Å². The van der Waals surface area contributed by atoms with Crippen LogP contribution in [0.2, 0.25) is 0 Å². The molecular weight excluding hydrogens is 236 g/mol. The lowest BCUT2D eigenvalue weighted by atomic mass is 9.95. The second kappa shape index (κ2) is 5.33. The SMILES string of the molecule is CC1CCC(NC(=O)C2Cc3ccccc3CN2)C1. The lowest BCUT2D eigenvalue weighted by Crippen LogP contribution is -2.50. The molecule has 3 nitrogen and oxygen atoms in total. The number of carbonyl (C=O) groups excluding carboxylic acids is 1. The Morgan fingerprint density at radius 2 is 2.05 bits per heavy atom. The second-order valence-electron chi connectivity index (χ2n) is 6.03. The van der Waals surface area contributed by atoms with E-state index in [-0.39, 0.29) is 11.9 Å². The highest BCUT2D eigenvalue weighted by Gasteiger charge is 2.28. The fourth-order valence-corrected chi connectivity index (χ4v) is 3.28. The van der Waals surface area contributed by atoms with Gasteiger partial charge in [0.1, 0.15) is 0 Å². The van der Waals surface area contributed by atoms with Gasteiger partial charge in [-0.15, -0.1) is 0 Å². The maximum atomic E-state index is 12.3. The Labute approximate surface area is 114 Å². The zero-order valence-electron chi connectivity index (χ0n) is 11.5. The van der Waals surface area contributed by atoms with Crippen LogP contribution >= 0.6 is 0 Å². The van der Waals surface area contributed by atoms with E-state index in [2.05, 4.69) is 41.8 Å². The maximum absolute atomic E-state index is 12.3. The Kier molecular flexibility index (Phi) is 3.56. The molecule has 1 aromatic rings. The Morgan fingerprint density at radius 1 is 1.26 bits per heavy atom. The fraction of sp³-hybridized carbons (Fsp3) is 0.562. The van der Waals surface area contributed by atoms with Gasteiger partial charge in [-0.2, -0.15) is 0 Å². The van der Waals surface area contributed by atoms with Gasteiger partial charge in [0, 0.05) is 12.6 Å². The molecular formula is C16H22N2O. The summed E-state index contributed by atoms with van der Waals surface area (Å²) in [5, 5.41) is 6.56. The van der Waals surface area contributed by atoms with Gasteiger partial charge in [0.15, 0.2) is 0 Å². The molecule has 0 saturated heterocycles. The van der Waals surface area contributed by atoms with Crippen LogP contribution < -0.4 is 10.6 Å². The molecule has 3 rings (SSSR count). The summed E-state index contributed by atoms with van der Waals surface area (Å²) in [6.45, 7) is 3.07. The highest BCUT2D eigenvalue weighted by Crippen LogP contribution is 2.25. The Hall–Kier alpha value is -1.35. The minimum Gasteiger partial charge on any atom is -0.352 e. The van der Waals surface area contributed by atoms with Crippen LogP contribution in [-0.2, 0) is 17.8 Å². The molecule has 1 saturated carbocycles. The zero-order chi connectivity index (χ0) is 13.2. The molecule has 1 heterocycles. The minimum absolute atomic E-state index is 0.0641. The number of benzene rings is 1. The van der Waals surface area contributed by atoms with Crippen molar-refractivity contribution in [3.05, 3.63) is 35.4 Å². The molecule has 3 unspecified atom stereocenters. The summed E-state index contributed by atoms with van der Waals surface area (Å²) in [5.74, 6) is 0.930. The molecule has 0 spiro atoms. The smallest absolute Gasteiger partial charge is 0.237 e. The average molecular weight is 258 g/mol. The molecule has 1 amide bonds. The first-order valence-corrected chi connectivity index (χ1v) is 7.33. The molecule has 1 aliphatic carbocycles. The van der Waals surface area contributed by atoms with Gasteiger partial charge in [-0.25, -0.2) is 0 Å². The average Bonchev–Trinajstić information content (AvgIpc) is 2.83. The monoisotopic (exact) mass is 258 g/mol. The molecule has 1 fully saturated rings. The molecule has 102 valence electrons. The Morgan fingerprint density at radius 3 is 2.79 bits per heavy atom. The van der Waals surface area contributed by atoms with E-state index in [0.29, 0.717) is 6.04 Å². The maximum Gasteiger partial charge on any atom is 0.237 e. The molecule has 3 atom stereocenters. The third-order valence-corrected chi connectivity index (χ3v) is 4.44. The summed E-state index contributed by atoms with van der Waals surface area (Å²) < 4.78 is 0. The van der Waals surface area contributed by atoms with Crippen LogP contribution in [0.5, 0.6) is 0 Å². The van der Waals surface area contributed by atoms with Crippen molar-refractivity contribution < 1.29 is 4.79 Å². The van der Waals surface area contributed by atoms with Crippen LogP contribution in [0.1, 0.15) is 37.3 Å². The third kappa shape index (κ3) is 2.81. The summed E-state index contributed by atoms with van der Waals surface area (Å²) in [6, 6.07) is 8.70. The van der Waals surface area contributed by atoms with Crippen LogP contribution in [0.15, 0.2) is 24.3 Å². The fourth-order valence-electron chi connectivity index (χ4n) is 3.28. The molecule has 0 radical (unpaired) electrons. The first-order chi connectivity index (χ1) is 9.22. The van der Waals surface area contributed by atoms with Crippen LogP contribution in [0, 0.1) is 5.92 Å². The topological polar surface area (TPSA) is 41.1 Å². The van der Waals surface area contributed by atoms with Crippen molar-refractivity contribution in [1.29, 1.82) is 0 Å². The van der Waals surface area contributed by atoms with Crippen molar-refractivity contribution in [2.75, 3.05) is 0 Å². The Bertz CT molecular complexity index is 472. The van der Waals surface area contributed by atoms with Gasteiger partial charge in [0.05, 0.1) is 6.04 Å². The number of hydrogen-bond acceptors (Lipinski definition) is 2. The number of nitrogens with one attached hydrogen (secondary N) is 2. The lowest BCUT2D eigenvalue weighted by molar-refractivity contribution is -0.124. The van der Waals surface area contributed by atoms with Gasteiger partial charge in [-0.05, 0) is 42.7 Å². The standard InChI is InChI=1S/C16H22N2O/c1-11-6-7-14(8-11)18-16(19)15-9-12-4-2-3-5-13(12)10-17-15/h2-5,11,14-15,17H,6-10H2,1H3,(H,18,19). The van der Waals surface area contributed by atoms with Crippen molar-refractivity contribution in [3.8, 4) is 0 Å². The van der Waals surface area contributed by atoms with E-state index in [9.17, 15) is 4.79 Å². The van der Waals surface area contributed by atoms with E-state index >= 15 is 0 Å². The minimum atomic E-state index is -0.0641. The molecule has 3 heteroatoms. The quantitative estimate of drug-likeness (QED) is 0.852. The van der Waals surface area contributed by atoms with Gasteiger partial charge in [-0.1, -0.05) is 31.2 Å². The molecule has 0 bridgehead atoms. The van der Waals surface area contributed by atoms with Crippen molar-refractivity contribution in [3.63, 3.8) is 0 Å². The second-order valence-corrected chi connectivity index (χ2v) is 6.03. The predicted octanol–water partition coefficient (Wildman–Crippen LogP) is 2.01. The van der Waals surface area contributed by atoms with Crippen LogP contribution in [0.3, 0.4) is 0 Å². The van der Waals surface area contributed by atoms with Crippen LogP contribution in [0.4, 0.5) is 0 Å². The highest BCUT2D eigenvalue weighted by atomic mass is 16.2. The summed E-state index contributed by atoms with van der Waals surface area (Å²) in [5.41, 5.74) is 2.63. The Balaban J connectivity index is 1.60. The van der Waals surface area contributed by atoms with E-state index in [1.165, 1.54) is 17.5 Å². The van der Waals surface area contributed by atoms with E-state index in [4.69, 9.17) is 0 Å². The lowest BCUT2D eigenvalue weighted by Gasteiger charge is -2.26. The van der Waals surface area contributed by atoms with Crippen molar-refractivity contribution in [1.82, 2.24) is 10.6 Å². The largest absolute Gasteiger partial charge is 0.352 e. The van der Waals surface area contributed by atoms with Gasteiger partial charge in [0.25, 0.3) is 0 Å². The van der Waals surface area contributed by atoms with E-state index in [1.54, 1.807) is 0 Å². The number of hydrogen-bond donors (Lipinski definition) is 2. The number of carbonyl (C=O) groups is 1. The molecule has 2 N–H and O–H groups in total. The highest BCUT2D eigenvalue weighted by molar-refractivity contribution is 5.82. The molecule has 1 aliphatic heterocycles. The van der Waals surface area contributed by atoms with E-state index in [1.807, 2.05) is 0 Å². The van der Waals surface area contributed by atoms with Crippen LogP contribution in [-0.4, -0.2) is 18.0 Å². The molecule has 19 heavy (non-hydrogen) atoms. The van der Waals surface area contributed by atoms with Crippen LogP contribution in [0.25, 0.3) is 0 Å². The van der Waals surface area contributed by atoms with Gasteiger partial charge >= 0.3 is 0 Å². The number of fused-ring (bicyclic) bond motifs is 1. The molecule has 1 aromatic carbocycles. The van der Waals surface area contributed by atoms with Gasteiger partial charge in [0.2, 0.25) is 5.91 Å². The first-order valence-electron chi connectivity index (χ1n) is 7.33. The number of amides is 1. The van der Waals surface area contributed by atoms with E-state index < -0.39 is 0 Å². The van der Waals surface area contributed by atoms with E-state index in [0.717, 1.165) is 31.7 Å². The third-order valence-electron chi connectivity index (χ3n) is 4.44. The van der Waals surface area contributed by atoms with Crippen molar-refractivity contribution >= 4 is 5.91 Å². The van der Waals surface area contributed by atoms with Gasteiger partial charge < -0.3 is 10.6 Å². The number of rotatable bonds is 2. The summed E-state index contributed by atoms with van der Waals surface area (Å²) in [6.07, 6.45) is 4.32. The molecule has 0 aromatic heterocycles. The van der Waals surface area contributed by atoms with Crippen molar-refractivity contribution in [2.45, 2.75) is 51.2 Å². The molecule has 2 aliphatic rings. The van der Waals surface area contributed by atoms with Gasteiger partial charge in [-0.3, -0.25) is 4.79 Å². The predicted molar refractivity (Wildman–Crippen MR) is 75.7 cm³/mol. The summed E-state index contributed by atoms with van der Waals surface area (Å²) in [4.78, 5) is 12.3. The summed E-state index contributed by atoms with van der Waals surface area (Å²) in [7, 11) is 0.